The van der Waals surface area contributed by atoms with Crippen molar-refractivity contribution in [2.24, 2.45) is 0 Å². The first-order chi connectivity index (χ1) is 7.34. The molecule has 4 nitrogen and oxygen atoms in total. The van der Waals surface area contributed by atoms with E-state index in [0.717, 1.165) is 24.7 Å². The quantitative estimate of drug-likeness (QED) is 0.822. The molecule has 1 heterocycles. The molecule has 0 aromatic carbocycles. The third-order valence-corrected chi connectivity index (χ3v) is 2.95. The van der Waals surface area contributed by atoms with E-state index < -0.39 is 0 Å². The zero-order valence-electron chi connectivity index (χ0n) is 9.33. The molecule has 0 spiro atoms. The third-order valence-electron chi connectivity index (χ3n) is 2.95. The van der Waals surface area contributed by atoms with Gasteiger partial charge in [-0.2, -0.15) is 4.98 Å². The standard InChI is InChI=1S/C11H19N3O/c1-9-13-11(15-14-9)7-8-12-10-5-3-2-4-6-10/h10,12H,2-8H2,1H3. The van der Waals surface area contributed by atoms with Crippen molar-refractivity contribution in [3.63, 3.8) is 0 Å². The lowest BCUT2D eigenvalue weighted by Crippen LogP contribution is -2.32. The van der Waals surface area contributed by atoms with E-state index in [4.69, 9.17) is 4.52 Å². The molecule has 0 radical (unpaired) electrons. The fourth-order valence-electron chi connectivity index (χ4n) is 2.13. The van der Waals surface area contributed by atoms with Crippen LogP contribution in [0.15, 0.2) is 4.52 Å². The average Bonchev–Trinajstić information content (AvgIpc) is 2.66. The van der Waals surface area contributed by atoms with E-state index in [-0.39, 0.29) is 0 Å². The highest BCUT2D eigenvalue weighted by Crippen LogP contribution is 2.17. The van der Waals surface area contributed by atoms with Crippen molar-refractivity contribution < 1.29 is 4.52 Å². The highest BCUT2D eigenvalue weighted by atomic mass is 16.5. The van der Waals surface area contributed by atoms with E-state index in [0.29, 0.717) is 6.04 Å². The van der Waals surface area contributed by atoms with Gasteiger partial charge in [-0.1, -0.05) is 24.4 Å². The summed E-state index contributed by atoms with van der Waals surface area (Å²) in [6, 6.07) is 0.711. The number of hydrogen-bond donors (Lipinski definition) is 1. The number of aromatic nitrogens is 2. The topological polar surface area (TPSA) is 51.0 Å². The van der Waals surface area contributed by atoms with Gasteiger partial charge in [0.15, 0.2) is 5.82 Å². The van der Waals surface area contributed by atoms with E-state index in [1.54, 1.807) is 0 Å². The second kappa shape index (κ2) is 5.26. The Morgan fingerprint density at radius 3 is 2.80 bits per heavy atom. The zero-order chi connectivity index (χ0) is 10.5. The van der Waals surface area contributed by atoms with Crippen molar-refractivity contribution in [2.75, 3.05) is 6.54 Å². The van der Waals surface area contributed by atoms with Crippen molar-refractivity contribution in [1.29, 1.82) is 0 Å². The second-order valence-electron chi connectivity index (χ2n) is 4.27. The molecular weight excluding hydrogens is 190 g/mol. The van der Waals surface area contributed by atoms with Crippen LogP contribution in [-0.2, 0) is 6.42 Å². The minimum atomic E-state index is 0.711. The van der Waals surface area contributed by atoms with E-state index in [2.05, 4.69) is 15.5 Å². The highest BCUT2D eigenvalue weighted by molar-refractivity contribution is 4.84. The van der Waals surface area contributed by atoms with Gasteiger partial charge in [0.2, 0.25) is 5.89 Å². The molecule has 15 heavy (non-hydrogen) atoms. The maximum absolute atomic E-state index is 5.05. The maximum atomic E-state index is 5.05. The average molecular weight is 209 g/mol. The SMILES string of the molecule is Cc1noc(CCNC2CCCCC2)n1. The van der Waals surface area contributed by atoms with Crippen molar-refractivity contribution in [3.8, 4) is 0 Å². The summed E-state index contributed by atoms with van der Waals surface area (Å²) < 4.78 is 5.05. The van der Waals surface area contributed by atoms with Crippen LogP contribution in [0.4, 0.5) is 0 Å². The Morgan fingerprint density at radius 1 is 1.33 bits per heavy atom. The number of nitrogens with one attached hydrogen (secondary N) is 1. The minimum absolute atomic E-state index is 0.711. The number of nitrogens with zero attached hydrogens (tertiary/aromatic N) is 2. The molecule has 1 N–H and O–H groups in total. The maximum Gasteiger partial charge on any atom is 0.227 e. The number of aryl methyl sites for hydroxylation is 1. The number of rotatable bonds is 4. The molecule has 1 saturated carbocycles. The Morgan fingerprint density at radius 2 is 2.13 bits per heavy atom. The number of hydrogen-bond acceptors (Lipinski definition) is 4. The fraction of sp³-hybridized carbons (Fsp3) is 0.818. The normalized spacial score (nSPS) is 18.2. The van der Waals surface area contributed by atoms with Crippen LogP contribution in [0, 0.1) is 6.92 Å². The van der Waals surface area contributed by atoms with Gasteiger partial charge in [-0.3, -0.25) is 0 Å². The summed E-state index contributed by atoms with van der Waals surface area (Å²) in [4.78, 5) is 4.18. The molecule has 0 saturated heterocycles. The third kappa shape index (κ3) is 3.30. The molecule has 1 fully saturated rings. The molecule has 0 atom stereocenters. The first kappa shape index (κ1) is 10.6. The Kier molecular flexibility index (Phi) is 3.72. The van der Waals surface area contributed by atoms with Crippen LogP contribution in [-0.4, -0.2) is 22.7 Å². The molecule has 0 amide bonds. The predicted molar refractivity (Wildman–Crippen MR) is 57.6 cm³/mol. The summed E-state index contributed by atoms with van der Waals surface area (Å²) in [6.45, 7) is 2.80. The molecule has 0 bridgehead atoms. The van der Waals surface area contributed by atoms with Gasteiger partial charge in [0, 0.05) is 19.0 Å². The molecule has 1 aliphatic carbocycles. The fourth-order valence-corrected chi connectivity index (χ4v) is 2.13. The van der Waals surface area contributed by atoms with Crippen molar-refractivity contribution in [3.05, 3.63) is 11.7 Å². The summed E-state index contributed by atoms with van der Waals surface area (Å²) in [5.74, 6) is 1.47. The smallest absolute Gasteiger partial charge is 0.227 e. The van der Waals surface area contributed by atoms with Crippen molar-refractivity contribution in [2.45, 2.75) is 51.5 Å². The summed E-state index contributed by atoms with van der Waals surface area (Å²) in [7, 11) is 0. The van der Waals surface area contributed by atoms with E-state index >= 15 is 0 Å². The Bertz CT molecular complexity index is 292. The van der Waals surface area contributed by atoms with Gasteiger partial charge >= 0.3 is 0 Å². The monoisotopic (exact) mass is 209 g/mol. The largest absolute Gasteiger partial charge is 0.339 e. The molecular formula is C11H19N3O. The van der Waals surface area contributed by atoms with Gasteiger partial charge in [0.25, 0.3) is 0 Å². The predicted octanol–water partition coefficient (Wildman–Crippen LogP) is 1.84. The molecule has 2 rings (SSSR count). The van der Waals surface area contributed by atoms with Gasteiger partial charge in [-0.25, -0.2) is 0 Å². The Balaban J connectivity index is 1.65. The first-order valence-electron chi connectivity index (χ1n) is 5.87. The summed E-state index contributed by atoms with van der Waals surface area (Å²) in [5.41, 5.74) is 0. The van der Waals surface area contributed by atoms with Gasteiger partial charge in [0.1, 0.15) is 0 Å². The lowest BCUT2D eigenvalue weighted by molar-refractivity contribution is 0.349. The highest BCUT2D eigenvalue weighted by Gasteiger charge is 2.12. The Labute approximate surface area is 90.4 Å². The molecule has 4 heteroatoms. The van der Waals surface area contributed by atoms with E-state index in [1.807, 2.05) is 6.92 Å². The molecule has 0 aliphatic heterocycles. The van der Waals surface area contributed by atoms with Crippen molar-refractivity contribution >= 4 is 0 Å². The molecule has 1 aromatic rings. The summed E-state index contributed by atoms with van der Waals surface area (Å²) in [6.07, 6.45) is 7.64. The van der Waals surface area contributed by atoms with Crippen LogP contribution in [0.2, 0.25) is 0 Å². The van der Waals surface area contributed by atoms with E-state index in [1.165, 1.54) is 32.1 Å². The van der Waals surface area contributed by atoms with Crippen LogP contribution >= 0.6 is 0 Å². The van der Waals surface area contributed by atoms with E-state index in [9.17, 15) is 0 Å². The molecule has 1 aromatic heterocycles. The van der Waals surface area contributed by atoms with Crippen molar-refractivity contribution in [1.82, 2.24) is 15.5 Å². The minimum Gasteiger partial charge on any atom is -0.339 e. The van der Waals surface area contributed by atoms with Crippen LogP contribution < -0.4 is 5.32 Å². The summed E-state index contributed by atoms with van der Waals surface area (Å²) in [5, 5.41) is 7.32. The first-order valence-corrected chi connectivity index (χ1v) is 5.87. The second-order valence-corrected chi connectivity index (χ2v) is 4.27. The van der Waals surface area contributed by atoms with Crippen LogP contribution in [0.3, 0.4) is 0 Å². The van der Waals surface area contributed by atoms with Gasteiger partial charge in [-0.05, 0) is 19.8 Å². The van der Waals surface area contributed by atoms with Crippen LogP contribution in [0.1, 0.15) is 43.8 Å². The molecule has 0 unspecified atom stereocenters. The lowest BCUT2D eigenvalue weighted by Gasteiger charge is -2.22. The summed E-state index contributed by atoms with van der Waals surface area (Å²) >= 11 is 0. The Hall–Kier alpha value is -0.900. The zero-order valence-corrected chi connectivity index (χ0v) is 9.33. The van der Waals surface area contributed by atoms with Gasteiger partial charge < -0.3 is 9.84 Å². The van der Waals surface area contributed by atoms with Gasteiger partial charge in [0.05, 0.1) is 0 Å². The van der Waals surface area contributed by atoms with Gasteiger partial charge in [-0.15, -0.1) is 0 Å². The molecule has 1 aliphatic rings. The molecule has 84 valence electrons. The van der Waals surface area contributed by atoms with Crippen LogP contribution in [0.25, 0.3) is 0 Å². The lowest BCUT2D eigenvalue weighted by atomic mass is 9.95. The van der Waals surface area contributed by atoms with Crippen LogP contribution in [0.5, 0.6) is 0 Å².